The fraction of sp³-hybridized carbons (Fsp3) is 0.158. The molecule has 2 amide bonds. The zero-order chi connectivity index (χ0) is 19.6. The minimum absolute atomic E-state index is 0.283. The van der Waals surface area contributed by atoms with Gasteiger partial charge in [-0.2, -0.15) is 0 Å². The van der Waals surface area contributed by atoms with Crippen molar-refractivity contribution in [3.8, 4) is 5.75 Å². The third kappa shape index (κ3) is 4.61. The van der Waals surface area contributed by atoms with Crippen molar-refractivity contribution in [2.75, 3.05) is 6.54 Å². The van der Waals surface area contributed by atoms with Gasteiger partial charge in [0.1, 0.15) is 6.61 Å². The highest BCUT2D eigenvalue weighted by molar-refractivity contribution is 8.18. The third-order valence-corrected chi connectivity index (χ3v) is 5.53. The van der Waals surface area contributed by atoms with Gasteiger partial charge in [-0.15, -0.1) is 0 Å². The molecule has 0 saturated carbocycles. The highest BCUT2D eigenvalue weighted by Gasteiger charge is 2.33. The summed E-state index contributed by atoms with van der Waals surface area (Å²) in [7, 11) is 0. The zero-order valence-corrected chi connectivity index (χ0v) is 17.3. The van der Waals surface area contributed by atoms with Crippen LogP contribution >= 0.6 is 46.6 Å². The van der Waals surface area contributed by atoms with E-state index in [9.17, 15) is 9.59 Å². The molecular weight excluding hydrogens is 429 g/mol. The molecule has 1 heterocycles. The second-order valence-corrected chi connectivity index (χ2v) is 7.90. The molecule has 0 atom stereocenters. The van der Waals surface area contributed by atoms with Gasteiger partial charge >= 0.3 is 0 Å². The summed E-state index contributed by atoms with van der Waals surface area (Å²) in [5, 5.41) is 0.996. The number of nitrogens with zero attached hydrogens (tertiary/aromatic N) is 1. The molecule has 140 valence electrons. The fourth-order valence-electron chi connectivity index (χ4n) is 2.46. The zero-order valence-electron chi connectivity index (χ0n) is 14.2. The predicted molar refractivity (Wildman–Crippen MR) is 111 cm³/mol. The second kappa shape index (κ2) is 8.57. The van der Waals surface area contributed by atoms with E-state index in [4.69, 9.17) is 39.5 Å². The van der Waals surface area contributed by atoms with E-state index in [2.05, 4.69) is 0 Å². The molecular formula is C19H14Cl3NO3S. The lowest BCUT2D eigenvalue weighted by atomic mass is 10.2. The predicted octanol–water partition coefficient (Wildman–Crippen LogP) is 6.28. The van der Waals surface area contributed by atoms with Gasteiger partial charge in [0.25, 0.3) is 11.1 Å². The summed E-state index contributed by atoms with van der Waals surface area (Å²) in [6, 6.07) is 10.5. The second-order valence-electron chi connectivity index (χ2n) is 5.65. The van der Waals surface area contributed by atoms with E-state index in [1.165, 1.54) is 4.90 Å². The highest BCUT2D eigenvalue weighted by atomic mass is 35.5. The summed E-state index contributed by atoms with van der Waals surface area (Å²) in [5.41, 5.74) is 1.54. The molecule has 0 bridgehead atoms. The van der Waals surface area contributed by atoms with Crippen molar-refractivity contribution in [3.63, 3.8) is 0 Å². The van der Waals surface area contributed by atoms with Crippen LogP contribution in [0.15, 0.2) is 41.3 Å². The average Bonchev–Trinajstić information content (AvgIpc) is 2.88. The maximum absolute atomic E-state index is 12.2. The van der Waals surface area contributed by atoms with E-state index in [0.717, 1.165) is 17.3 Å². The van der Waals surface area contributed by atoms with Crippen LogP contribution in [0.2, 0.25) is 15.1 Å². The largest absolute Gasteiger partial charge is 0.486 e. The lowest BCUT2D eigenvalue weighted by molar-refractivity contribution is -0.122. The van der Waals surface area contributed by atoms with E-state index in [1.807, 2.05) is 12.1 Å². The van der Waals surface area contributed by atoms with Crippen molar-refractivity contribution in [2.24, 2.45) is 0 Å². The van der Waals surface area contributed by atoms with Crippen molar-refractivity contribution in [2.45, 2.75) is 13.5 Å². The Labute approximate surface area is 176 Å². The van der Waals surface area contributed by atoms with Gasteiger partial charge in [0, 0.05) is 11.6 Å². The van der Waals surface area contributed by atoms with E-state index in [1.54, 1.807) is 37.3 Å². The molecule has 0 aromatic heterocycles. The fourth-order valence-corrected chi connectivity index (χ4v) is 4.10. The van der Waals surface area contributed by atoms with Crippen molar-refractivity contribution in [1.82, 2.24) is 4.90 Å². The van der Waals surface area contributed by atoms with Crippen LogP contribution in [0.3, 0.4) is 0 Å². The molecule has 0 radical (unpaired) electrons. The quantitative estimate of drug-likeness (QED) is 0.511. The highest BCUT2D eigenvalue weighted by Crippen LogP contribution is 2.37. The smallest absolute Gasteiger partial charge is 0.293 e. The van der Waals surface area contributed by atoms with Crippen molar-refractivity contribution >= 4 is 63.8 Å². The summed E-state index contributed by atoms with van der Waals surface area (Å²) < 4.78 is 5.73. The van der Waals surface area contributed by atoms with E-state index in [-0.39, 0.29) is 17.8 Å². The first-order valence-electron chi connectivity index (χ1n) is 8.00. The lowest BCUT2D eigenvalue weighted by Gasteiger charge is -2.11. The Morgan fingerprint density at radius 1 is 1.07 bits per heavy atom. The van der Waals surface area contributed by atoms with E-state index < -0.39 is 0 Å². The van der Waals surface area contributed by atoms with Crippen LogP contribution in [0.1, 0.15) is 18.1 Å². The summed E-state index contributed by atoms with van der Waals surface area (Å²) >= 11 is 19.4. The molecule has 4 nitrogen and oxygen atoms in total. The Morgan fingerprint density at radius 3 is 2.26 bits per heavy atom. The average molecular weight is 443 g/mol. The molecule has 8 heteroatoms. The molecule has 1 aliphatic heterocycles. The SMILES string of the molecule is CCN1C(=O)S/C(=C/c2cc(Cl)c(OCc3ccc(Cl)cc3)c(Cl)c2)C1=O. The molecule has 1 aliphatic rings. The standard InChI is InChI=1S/C19H14Cl3NO3S/c1-2-23-18(24)16(27-19(23)25)9-12-7-14(21)17(15(22)8-12)26-10-11-3-5-13(20)6-4-11/h3-9H,2,10H2,1H3/b16-9+. The van der Waals surface area contributed by atoms with Crippen molar-refractivity contribution in [3.05, 3.63) is 67.5 Å². The number of hydrogen-bond donors (Lipinski definition) is 0. The normalized spacial score (nSPS) is 15.7. The number of benzene rings is 2. The van der Waals surface area contributed by atoms with Gasteiger partial charge in [-0.25, -0.2) is 0 Å². The van der Waals surface area contributed by atoms with Crippen LogP contribution in [0, 0.1) is 0 Å². The number of carbonyl (C=O) groups is 2. The lowest BCUT2D eigenvalue weighted by Crippen LogP contribution is -2.27. The van der Waals surface area contributed by atoms with E-state index >= 15 is 0 Å². The van der Waals surface area contributed by atoms with Gasteiger partial charge in [0.05, 0.1) is 15.0 Å². The van der Waals surface area contributed by atoms with Gasteiger partial charge in [0.15, 0.2) is 5.75 Å². The Morgan fingerprint density at radius 2 is 1.70 bits per heavy atom. The number of ether oxygens (including phenoxy) is 1. The molecule has 0 spiro atoms. The first-order chi connectivity index (χ1) is 12.9. The molecule has 2 aromatic carbocycles. The van der Waals surface area contributed by atoms with Crippen LogP contribution in [-0.2, 0) is 11.4 Å². The molecule has 1 saturated heterocycles. The minimum atomic E-state index is -0.317. The van der Waals surface area contributed by atoms with Crippen LogP contribution in [0.5, 0.6) is 5.75 Å². The summed E-state index contributed by atoms with van der Waals surface area (Å²) in [4.78, 5) is 25.5. The molecule has 0 unspecified atom stereocenters. The number of hydrogen-bond acceptors (Lipinski definition) is 4. The first-order valence-corrected chi connectivity index (χ1v) is 9.95. The van der Waals surface area contributed by atoms with Crippen LogP contribution in [0.25, 0.3) is 6.08 Å². The van der Waals surface area contributed by atoms with Gasteiger partial charge in [-0.1, -0.05) is 46.9 Å². The molecule has 2 aromatic rings. The summed E-state index contributed by atoms with van der Waals surface area (Å²) in [6.45, 7) is 2.37. The number of likely N-dealkylation sites (N-methyl/N-ethyl adjacent to an activating group) is 1. The molecule has 3 rings (SSSR count). The maximum Gasteiger partial charge on any atom is 0.293 e. The maximum atomic E-state index is 12.2. The minimum Gasteiger partial charge on any atom is -0.486 e. The van der Waals surface area contributed by atoms with Crippen molar-refractivity contribution < 1.29 is 14.3 Å². The third-order valence-electron chi connectivity index (χ3n) is 3.80. The molecule has 0 aliphatic carbocycles. The number of thioether (sulfide) groups is 1. The number of imide groups is 1. The molecule has 27 heavy (non-hydrogen) atoms. The molecule has 1 fully saturated rings. The molecule has 0 N–H and O–H groups in total. The summed E-state index contributed by atoms with van der Waals surface area (Å²) in [6.07, 6.45) is 1.60. The topological polar surface area (TPSA) is 46.6 Å². The Balaban J connectivity index is 1.79. The van der Waals surface area contributed by atoms with Gasteiger partial charge < -0.3 is 4.74 Å². The van der Waals surface area contributed by atoms with Gasteiger partial charge in [-0.3, -0.25) is 14.5 Å². The Hall–Kier alpha value is -1.66. The van der Waals surface area contributed by atoms with Crippen LogP contribution < -0.4 is 4.74 Å². The van der Waals surface area contributed by atoms with E-state index in [0.29, 0.717) is 37.8 Å². The van der Waals surface area contributed by atoms with Gasteiger partial charge in [0.2, 0.25) is 0 Å². The Kier molecular flexibility index (Phi) is 6.37. The van der Waals surface area contributed by atoms with Crippen LogP contribution in [0.4, 0.5) is 4.79 Å². The van der Waals surface area contributed by atoms with Crippen LogP contribution in [-0.4, -0.2) is 22.6 Å². The number of amides is 2. The number of rotatable bonds is 5. The van der Waals surface area contributed by atoms with Gasteiger partial charge in [-0.05, 0) is 60.2 Å². The Bertz CT molecular complexity index is 905. The number of halogens is 3. The summed E-state index contributed by atoms with van der Waals surface area (Å²) in [5.74, 6) is 0.0369. The van der Waals surface area contributed by atoms with Crippen molar-refractivity contribution in [1.29, 1.82) is 0 Å². The first kappa shape index (κ1) is 20.1. The number of carbonyl (C=O) groups excluding carboxylic acids is 2. The monoisotopic (exact) mass is 441 g/mol.